The Hall–Kier alpha value is -3.15. The number of benzene rings is 1. The highest BCUT2D eigenvalue weighted by Crippen LogP contribution is 2.24. The van der Waals surface area contributed by atoms with Gasteiger partial charge in [0.25, 0.3) is 0 Å². The van der Waals surface area contributed by atoms with Crippen LogP contribution in [0.15, 0.2) is 63.8 Å². The van der Waals surface area contributed by atoms with Crippen LogP contribution in [-0.2, 0) is 4.79 Å². The van der Waals surface area contributed by atoms with Gasteiger partial charge < -0.3 is 14.9 Å². The fourth-order valence-electron chi connectivity index (χ4n) is 3.78. The smallest absolute Gasteiger partial charge is 0.222 e. The predicted molar refractivity (Wildman–Crippen MR) is 131 cm³/mol. The summed E-state index contributed by atoms with van der Waals surface area (Å²) in [6, 6.07) is 5.43. The Balaban J connectivity index is 1.80. The first kappa shape index (κ1) is 23.5. The first-order valence-electron chi connectivity index (χ1n) is 11.5. The zero-order chi connectivity index (χ0) is 22.9. The number of allylic oxidation sites excluding steroid dienone is 5. The van der Waals surface area contributed by atoms with Crippen LogP contribution in [0.2, 0.25) is 0 Å². The topological polar surface area (TPSA) is 68.5 Å². The van der Waals surface area contributed by atoms with Gasteiger partial charge in [-0.2, -0.15) is 0 Å². The van der Waals surface area contributed by atoms with Gasteiger partial charge in [0.1, 0.15) is 5.75 Å². The van der Waals surface area contributed by atoms with Crippen molar-refractivity contribution in [3.8, 4) is 5.75 Å². The summed E-state index contributed by atoms with van der Waals surface area (Å²) in [5.74, 6) is 0.886. The second-order valence-corrected chi connectivity index (χ2v) is 8.32. The molecule has 0 unspecified atom stereocenters. The van der Waals surface area contributed by atoms with Crippen LogP contribution in [0.3, 0.4) is 0 Å². The van der Waals surface area contributed by atoms with Crippen molar-refractivity contribution in [1.29, 1.82) is 0 Å². The minimum Gasteiger partial charge on any atom is -0.507 e. The lowest BCUT2D eigenvalue weighted by Crippen LogP contribution is -2.48. The molecule has 1 amide bonds. The van der Waals surface area contributed by atoms with Crippen LogP contribution in [0.25, 0.3) is 0 Å². The zero-order valence-corrected chi connectivity index (χ0v) is 19.4. The maximum absolute atomic E-state index is 12.3. The second-order valence-electron chi connectivity index (χ2n) is 8.32. The maximum Gasteiger partial charge on any atom is 0.222 e. The summed E-state index contributed by atoms with van der Waals surface area (Å²) in [4.78, 5) is 25.8. The highest BCUT2D eigenvalue weighted by Gasteiger charge is 2.19. The number of amidine groups is 1. The number of phenols is 1. The highest BCUT2D eigenvalue weighted by atomic mass is 16.3. The molecule has 6 nitrogen and oxygen atoms in total. The van der Waals surface area contributed by atoms with E-state index in [4.69, 9.17) is 9.98 Å². The summed E-state index contributed by atoms with van der Waals surface area (Å²) in [6.07, 6.45) is 13.5. The number of carbonyl (C=O) groups excluding carboxylic acids is 1. The number of piperazine rings is 1. The van der Waals surface area contributed by atoms with E-state index >= 15 is 0 Å². The molecule has 0 aromatic heterocycles. The Kier molecular flexibility index (Phi) is 8.42. The van der Waals surface area contributed by atoms with Crippen LogP contribution in [0.1, 0.15) is 50.7 Å². The van der Waals surface area contributed by atoms with Gasteiger partial charge in [-0.25, -0.2) is 9.98 Å². The fourth-order valence-corrected chi connectivity index (χ4v) is 3.78. The van der Waals surface area contributed by atoms with Crippen LogP contribution in [0, 0.1) is 6.92 Å². The molecule has 1 aromatic carbocycles. The molecule has 0 saturated carbocycles. The lowest BCUT2D eigenvalue weighted by Gasteiger charge is -2.33. The van der Waals surface area contributed by atoms with Gasteiger partial charge in [-0.1, -0.05) is 43.2 Å². The number of hydrogen-bond donors (Lipinski definition) is 1. The van der Waals surface area contributed by atoms with Crippen LogP contribution in [0.4, 0.5) is 0 Å². The maximum atomic E-state index is 12.3. The quantitative estimate of drug-likeness (QED) is 0.526. The molecule has 0 atom stereocenters. The predicted octanol–water partition coefficient (Wildman–Crippen LogP) is 4.60. The highest BCUT2D eigenvalue weighted by molar-refractivity contribution is 6.06. The monoisotopic (exact) mass is 434 g/mol. The van der Waals surface area contributed by atoms with Crippen molar-refractivity contribution < 1.29 is 9.90 Å². The minimum absolute atomic E-state index is 0.165. The molecule has 1 heterocycles. The molecule has 0 radical (unpaired) electrons. The fraction of sp³-hybridized carbons (Fsp3) is 0.423. The SMILES string of the molecule is CCCCC(=O)N1CCN(C=NC(=NC2=CC(C)=CCC=C2)c2c(C)cccc2O)CC1. The summed E-state index contributed by atoms with van der Waals surface area (Å²) in [7, 11) is 0. The van der Waals surface area contributed by atoms with Crippen LogP contribution in [0.5, 0.6) is 5.75 Å². The molecule has 1 aromatic rings. The second kappa shape index (κ2) is 11.5. The van der Waals surface area contributed by atoms with Gasteiger partial charge in [-0.05, 0) is 50.5 Å². The number of carbonyl (C=O) groups is 1. The molecule has 0 bridgehead atoms. The molecular weight excluding hydrogens is 400 g/mol. The van der Waals surface area contributed by atoms with E-state index in [-0.39, 0.29) is 11.7 Å². The number of aliphatic imine (C=N–C) groups is 2. The number of aromatic hydroxyl groups is 1. The molecule has 1 fully saturated rings. The van der Waals surface area contributed by atoms with E-state index in [1.165, 1.54) is 0 Å². The number of rotatable bonds is 6. The Labute approximate surface area is 191 Å². The van der Waals surface area contributed by atoms with Gasteiger partial charge >= 0.3 is 0 Å². The number of hydrogen-bond acceptors (Lipinski definition) is 3. The van der Waals surface area contributed by atoms with Crippen molar-refractivity contribution in [3.05, 3.63) is 64.9 Å². The van der Waals surface area contributed by atoms with Crippen molar-refractivity contribution in [2.45, 2.75) is 46.5 Å². The number of nitrogens with zero attached hydrogens (tertiary/aromatic N) is 4. The third-order valence-electron chi connectivity index (χ3n) is 5.70. The summed E-state index contributed by atoms with van der Waals surface area (Å²) >= 11 is 0. The van der Waals surface area contributed by atoms with Crippen LogP contribution >= 0.6 is 0 Å². The lowest BCUT2D eigenvalue weighted by molar-refractivity contribution is -0.132. The molecule has 1 saturated heterocycles. The van der Waals surface area contributed by atoms with Crippen molar-refractivity contribution >= 4 is 18.1 Å². The summed E-state index contributed by atoms with van der Waals surface area (Å²) in [5, 5.41) is 10.5. The number of phenolic OH excluding ortho intramolecular Hbond substituents is 1. The Bertz CT molecular complexity index is 944. The van der Waals surface area contributed by atoms with Crippen LogP contribution in [-0.4, -0.2) is 59.2 Å². The minimum atomic E-state index is 0.165. The Morgan fingerprint density at radius 3 is 2.69 bits per heavy atom. The van der Waals surface area contributed by atoms with Crippen molar-refractivity contribution in [2.24, 2.45) is 9.98 Å². The summed E-state index contributed by atoms with van der Waals surface area (Å²) < 4.78 is 0. The number of aryl methyl sites for hydroxylation is 1. The lowest BCUT2D eigenvalue weighted by atomic mass is 10.1. The van der Waals surface area contributed by atoms with Crippen molar-refractivity contribution in [3.63, 3.8) is 0 Å². The van der Waals surface area contributed by atoms with E-state index in [1.54, 1.807) is 12.4 Å². The molecule has 170 valence electrons. The molecule has 0 spiro atoms. The molecule has 1 N–H and O–H groups in total. The molecule has 6 heteroatoms. The largest absolute Gasteiger partial charge is 0.507 e. The van der Waals surface area contributed by atoms with Gasteiger partial charge in [0, 0.05) is 32.6 Å². The normalized spacial score (nSPS) is 17.4. The standard InChI is InChI=1S/C26H34N4O2/c1-4-5-13-24(32)30-16-14-29(15-17-30)19-27-26(25-21(3)10-8-12-23(25)31)28-22-11-7-6-9-20(2)18-22/h7-12,18-19,31H,4-6,13-17H2,1-3H3. The van der Waals surface area contributed by atoms with Gasteiger partial charge in [0.2, 0.25) is 5.91 Å². The van der Waals surface area contributed by atoms with Gasteiger partial charge in [-0.15, -0.1) is 0 Å². The van der Waals surface area contributed by atoms with E-state index in [2.05, 4.69) is 30.9 Å². The van der Waals surface area contributed by atoms with E-state index in [9.17, 15) is 9.90 Å². The van der Waals surface area contributed by atoms with E-state index < -0.39 is 0 Å². The molecule has 1 aliphatic heterocycles. The average Bonchev–Trinajstić information content (AvgIpc) is 2.99. The molecule has 1 aliphatic carbocycles. The number of unbranched alkanes of at least 4 members (excludes halogenated alkanes) is 1. The first-order chi connectivity index (χ1) is 15.5. The molecule has 32 heavy (non-hydrogen) atoms. The summed E-state index contributed by atoms with van der Waals surface area (Å²) in [5.41, 5.74) is 3.50. The molecule has 3 rings (SSSR count). The van der Waals surface area contributed by atoms with Crippen molar-refractivity contribution in [2.75, 3.05) is 26.2 Å². The molecule has 2 aliphatic rings. The summed E-state index contributed by atoms with van der Waals surface area (Å²) in [6.45, 7) is 8.98. The molecular formula is C26H34N4O2. The Morgan fingerprint density at radius 2 is 1.97 bits per heavy atom. The average molecular weight is 435 g/mol. The Morgan fingerprint density at radius 1 is 1.19 bits per heavy atom. The van der Waals surface area contributed by atoms with E-state index in [0.29, 0.717) is 30.9 Å². The zero-order valence-electron chi connectivity index (χ0n) is 19.4. The van der Waals surface area contributed by atoms with Gasteiger partial charge in [0.15, 0.2) is 5.84 Å². The van der Waals surface area contributed by atoms with Crippen molar-refractivity contribution in [1.82, 2.24) is 9.80 Å². The first-order valence-corrected chi connectivity index (χ1v) is 11.5. The van der Waals surface area contributed by atoms with Gasteiger partial charge in [-0.3, -0.25) is 4.79 Å². The number of amides is 1. The van der Waals surface area contributed by atoms with Crippen LogP contribution < -0.4 is 0 Å². The van der Waals surface area contributed by atoms with E-state index in [1.807, 2.05) is 36.1 Å². The third kappa shape index (κ3) is 6.42. The van der Waals surface area contributed by atoms with Gasteiger partial charge in [0.05, 0.1) is 17.6 Å². The third-order valence-corrected chi connectivity index (χ3v) is 5.70. The van der Waals surface area contributed by atoms with E-state index in [0.717, 1.165) is 49.2 Å².